The van der Waals surface area contributed by atoms with Crippen molar-refractivity contribution in [3.05, 3.63) is 17.5 Å². The largest absolute Gasteiger partial charge is 0.396 e. The van der Waals surface area contributed by atoms with Crippen LogP contribution < -0.4 is 5.32 Å². The third-order valence-electron chi connectivity index (χ3n) is 2.84. The topological polar surface area (TPSA) is 50.1 Å². The van der Waals surface area contributed by atoms with E-state index < -0.39 is 0 Å². The summed E-state index contributed by atoms with van der Waals surface area (Å²) in [6, 6.07) is 2.12. The van der Waals surface area contributed by atoms with E-state index >= 15 is 0 Å². The standard InChI is InChI=1S/C10H17N3O/c1-13-9(3-5-14)6-10(12-13)8-2-4-11-7-8/h6,8,11,14H,2-5,7H2,1H3/t8-/m0/s1. The number of hydrogen-bond donors (Lipinski definition) is 2. The highest BCUT2D eigenvalue weighted by molar-refractivity contribution is 5.16. The first-order valence-electron chi connectivity index (χ1n) is 5.15. The maximum absolute atomic E-state index is 8.87. The average Bonchev–Trinajstić information content (AvgIpc) is 2.76. The zero-order valence-electron chi connectivity index (χ0n) is 8.53. The third-order valence-corrected chi connectivity index (χ3v) is 2.84. The van der Waals surface area contributed by atoms with Gasteiger partial charge >= 0.3 is 0 Å². The van der Waals surface area contributed by atoms with Crippen molar-refractivity contribution in [1.29, 1.82) is 0 Å². The van der Waals surface area contributed by atoms with Crippen molar-refractivity contribution in [1.82, 2.24) is 15.1 Å². The molecule has 1 fully saturated rings. The predicted molar refractivity (Wildman–Crippen MR) is 54.2 cm³/mol. The van der Waals surface area contributed by atoms with E-state index in [-0.39, 0.29) is 6.61 Å². The van der Waals surface area contributed by atoms with Gasteiger partial charge in [0.2, 0.25) is 0 Å². The van der Waals surface area contributed by atoms with E-state index in [2.05, 4.69) is 16.5 Å². The minimum absolute atomic E-state index is 0.196. The highest BCUT2D eigenvalue weighted by Gasteiger charge is 2.19. The molecule has 0 unspecified atom stereocenters. The van der Waals surface area contributed by atoms with E-state index in [1.54, 1.807) is 0 Å². The van der Waals surface area contributed by atoms with Gasteiger partial charge in [-0.15, -0.1) is 0 Å². The highest BCUT2D eigenvalue weighted by atomic mass is 16.3. The van der Waals surface area contributed by atoms with Gasteiger partial charge in [0.1, 0.15) is 0 Å². The van der Waals surface area contributed by atoms with Crippen LogP contribution in [-0.2, 0) is 13.5 Å². The third kappa shape index (κ3) is 1.81. The molecule has 0 spiro atoms. The zero-order valence-corrected chi connectivity index (χ0v) is 8.53. The lowest BCUT2D eigenvalue weighted by Crippen LogP contribution is -2.08. The summed E-state index contributed by atoms with van der Waals surface area (Å²) in [5, 5.41) is 16.7. The molecule has 1 atom stereocenters. The van der Waals surface area contributed by atoms with E-state index in [1.165, 1.54) is 12.1 Å². The number of nitrogens with one attached hydrogen (secondary N) is 1. The Hall–Kier alpha value is -0.870. The Balaban J connectivity index is 2.14. The van der Waals surface area contributed by atoms with Crippen molar-refractivity contribution in [3.63, 3.8) is 0 Å². The van der Waals surface area contributed by atoms with Crippen LogP contribution >= 0.6 is 0 Å². The first kappa shape index (κ1) is 9.68. The maximum Gasteiger partial charge on any atom is 0.0671 e. The molecule has 2 heterocycles. The molecule has 0 aromatic carbocycles. The minimum Gasteiger partial charge on any atom is -0.396 e. The van der Waals surface area contributed by atoms with Crippen LogP contribution in [0.2, 0.25) is 0 Å². The highest BCUT2D eigenvalue weighted by Crippen LogP contribution is 2.21. The fraction of sp³-hybridized carbons (Fsp3) is 0.700. The molecule has 0 aliphatic carbocycles. The van der Waals surface area contributed by atoms with Gasteiger partial charge in [0, 0.05) is 38.2 Å². The summed E-state index contributed by atoms with van der Waals surface area (Å²) in [5.41, 5.74) is 2.29. The Morgan fingerprint density at radius 3 is 3.21 bits per heavy atom. The lowest BCUT2D eigenvalue weighted by atomic mass is 10.0. The molecule has 78 valence electrons. The fourth-order valence-electron chi connectivity index (χ4n) is 1.99. The van der Waals surface area contributed by atoms with E-state index in [0.717, 1.165) is 18.8 Å². The van der Waals surface area contributed by atoms with Crippen LogP contribution in [-0.4, -0.2) is 34.6 Å². The van der Waals surface area contributed by atoms with E-state index in [4.69, 9.17) is 5.11 Å². The molecule has 1 aliphatic heterocycles. The van der Waals surface area contributed by atoms with Crippen molar-refractivity contribution in [3.8, 4) is 0 Å². The van der Waals surface area contributed by atoms with Crippen LogP contribution in [0.3, 0.4) is 0 Å². The van der Waals surface area contributed by atoms with Crippen molar-refractivity contribution in [2.75, 3.05) is 19.7 Å². The molecule has 2 N–H and O–H groups in total. The second kappa shape index (κ2) is 4.11. The van der Waals surface area contributed by atoms with Crippen molar-refractivity contribution in [2.45, 2.75) is 18.8 Å². The summed E-state index contributed by atoms with van der Waals surface area (Å²) in [7, 11) is 1.94. The summed E-state index contributed by atoms with van der Waals surface area (Å²) in [6.07, 6.45) is 1.87. The first-order chi connectivity index (χ1) is 6.81. The molecule has 1 saturated heterocycles. The summed E-state index contributed by atoms with van der Waals surface area (Å²) in [4.78, 5) is 0. The monoisotopic (exact) mass is 195 g/mol. The Kier molecular flexibility index (Phi) is 2.84. The molecule has 4 nitrogen and oxygen atoms in total. The minimum atomic E-state index is 0.196. The van der Waals surface area contributed by atoms with Crippen LogP contribution in [0.1, 0.15) is 23.7 Å². The number of nitrogens with zero attached hydrogens (tertiary/aromatic N) is 2. The van der Waals surface area contributed by atoms with Crippen LogP contribution in [0.5, 0.6) is 0 Å². The molecule has 0 radical (unpaired) electrons. The fourth-order valence-corrected chi connectivity index (χ4v) is 1.99. The number of aliphatic hydroxyl groups is 1. The Labute approximate surface area is 83.9 Å². The van der Waals surface area contributed by atoms with Crippen molar-refractivity contribution < 1.29 is 5.11 Å². The van der Waals surface area contributed by atoms with E-state index in [0.29, 0.717) is 12.3 Å². The molecule has 1 aromatic rings. The zero-order chi connectivity index (χ0) is 9.97. The Morgan fingerprint density at radius 1 is 1.71 bits per heavy atom. The summed E-state index contributed by atoms with van der Waals surface area (Å²) in [6.45, 7) is 2.33. The summed E-state index contributed by atoms with van der Waals surface area (Å²) < 4.78 is 1.88. The molecule has 1 aliphatic rings. The van der Waals surface area contributed by atoms with Gasteiger partial charge in [0.05, 0.1) is 5.69 Å². The van der Waals surface area contributed by atoms with Gasteiger partial charge in [-0.2, -0.15) is 5.10 Å². The van der Waals surface area contributed by atoms with E-state index in [1.807, 2.05) is 11.7 Å². The average molecular weight is 195 g/mol. The summed E-state index contributed by atoms with van der Waals surface area (Å²) in [5.74, 6) is 0.564. The van der Waals surface area contributed by atoms with E-state index in [9.17, 15) is 0 Å². The van der Waals surface area contributed by atoms with Gasteiger partial charge in [0.15, 0.2) is 0 Å². The molecule has 0 amide bonds. The van der Waals surface area contributed by atoms with Gasteiger partial charge in [-0.3, -0.25) is 4.68 Å². The van der Waals surface area contributed by atoms with Crippen LogP contribution in [0.4, 0.5) is 0 Å². The Morgan fingerprint density at radius 2 is 2.57 bits per heavy atom. The SMILES string of the molecule is Cn1nc([C@H]2CCNC2)cc1CCO. The number of aryl methyl sites for hydroxylation is 1. The second-order valence-corrected chi connectivity index (χ2v) is 3.85. The van der Waals surface area contributed by atoms with Crippen LogP contribution in [0, 0.1) is 0 Å². The predicted octanol–water partition coefficient (Wildman–Crippen LogP) is 0.0318. The molecule has 1 aromatic heterocycles. The Bertz CT molecular complexity index is 302. The number of aliphatic hydroxyl groups excluding tert-OH is 1. The molecule has 14 heavy (non-hydrogen) atoms. The van der Waals surface area contributed by atoms with Crippen molar-refractivity contribution >= 4 is 0 Å². The lowest BCUT2D eigenvalue weighted by molar-refractivity contribution is 0.296. The first-order valence-corrected chi connectivity index (χ1v) is 5.15. The lowest BCUT2D eigenvalue weighted by Gasteiger charge is -2.01. The van der Waals surface area contributed by atoms with Crippen LogP contribution in [0.25, 0.3) is 0 Å². The van der Waals surface area contributed by atoms with Gasteiger partial charge in [-0.05, 0) is 19.0 Å². The van der Waals surface area contributed by atoms with Gasteiger partial charge < -0.3 is 10.4 Å². The normalized spacial score (nSPS) is 21.7. The number of rotatable bonds is 3. The molecule has 0 bridgehead atoms. The smallest absolute Gasteiger partial charge is 0.0671 e. The maximum atomic E-state index is 8.87. The molecule has 0 saturated carbocycles. The van der Waals surface area contributed by atoms with Crippen molar-refractivity contribution in [2.24, 2.45) is 7.05 Å². The summed E-state index contributed by atoms with van der Waals surface area (Å²) >= 11 is 0. The molecule has 4 heteroatoms. The van der Waals surface area contributed by atoms with Gasteiger partial charge in [-0.25, -0.2) is 0 Å². The van der Waals surface area contributed by atoms with Gasteiger partial charge in [0.25, 0.3) is 0 Å². The van der Waals surface area contributed by atoms with Gasteiger partial charge in [-0.1, -0.05) is 0 Å². The molecular formula is C10H17N3O. The quantitative estimate of drug-likeness (QED) is 0.715. The van der Waals surface area contributed by atoms with Crippen LogP contribution in [0.15, 0.2) is 6.07 Å². The molecular weight excluding hydrogens is 178 g/mol. The second-order valence-electron chi connectivity index (χ2n) is 3.85. The molecule has 2 rings (SSSR count). The number of hydrogen-bond acceptors (Lipinski definition) is 3. The number of aromatic nitrogens is 2.